The van der Waals surface area contributed by atoms with Gasteiger partial charge in [0.15, 0.2) is 0 Å². The van der Waals surface area contributed by atoms with Crippen molar-refractivity contribution in [2.75, 3.05) is 6.61 Å². The van der Waals surface area contributed by atoms with Gasteiger partial charge < -0.3 is 24.8 Å². The van der Waals surface area contributed by atoms with Crippen LogP contribution in [0.4, 0.5) is 0 Å². The summed E-state index contributed by atoms with van der Waals surface area (Å²) in [5.41, 5.74) is 1.93. The third-order valence-corrected chi connectivity index (χ3v) is 4.38. The second-order valence-electron chi connectivity index (χ2n) is 6.13. The normalized spacial score (nSPS) is 12.0. The van der Waals surface area contributed by atoms with E-state index in [9.17, 15) is 19.5 Å². The highest BCUT2D eigenvalue weighted by Gasteiger charge is 2.26. The Labute approximate surface area is 156 Å². The minimum Gasteiger partial charge on any atom is -0.494 e. The minimum absolute atomic E-state index is 0.184. The lowest BCUT2D eigenvalue weighted by atomic mass is 10.1. The highest BCUT2D eigenvalue weighted by molar-refractivity contribution is 6.03. The number of hydrogen-bond donors (Lipinski definition) is 3. The molecule has 1 heterocycles. The number of carboxylic acids is 2. The first-order valence-corrected chi connectivity index (χ1v) is 8.81. The van der Waals surface area contributed by atoms with Gasteiger partial charge in [-0.15, -0.1) is 0 Å². The van der Waals surface area contributed by atoms with Gasteiger partial charge in [-0.3, -0.25) is 9.59 Å². The molecule has 1 atom stereocenters. The van der Waals surface area contributed by atoms with Crippen LogP contribution in [-0.2, 0) is 16.1 Å². The number of hydrogen-bond acceptors (Lipinski definition) is 4. The van der Waals surface area contributed by atoms with E-state index in [1.807, 2.05) is 36.6 Å². The van der Waals surface area contributed by atoms with Crippen LogP contribution in [-0.4, -0.2) is 45.3 Å². The second-order valence-corrected chi connectivity index (χ2v) is 6.13. The largest absolute Gasteiger partial charge is 0.494 e. The van der Waals surface area contributed by atoms with Crippen LogP contribution in [0, 0.1) is 6.92 Å². The van der Waals surface area contributed by atoms with Crippen molar-refractivity contribution < 1.29 is 29.3 Å². The maximum atomic E-state index is 12.8. The van der Waals surface area contributed by atoms with Crippen molar-refractivity contribution in [1.82, 2.24) is 9.88 Å². The molecule has 1 aromatic heterocycles. The maximum absolute atomic E-state index is 12.8. The smallest absolute Gasteiger partial charge is 0.326 e. The van der Waals surface area contributed by atoms with Gasteiger partial charge in [-0.05, 0) is 51.0 Å². The van der Waals surface area contributed by atoms with Crippen LogP contribution in [0.2, 0.25) is 0 Å². The summed E-state index contributed by atoms with van der Waals surface area (Å²) >= 11 is 0. The predicted molar refractivity (Wildman–Crippen MR) is 99.3 cm³/mol. The van der Waals surface area contributed by atoms with Gasteiger partial charge in [-0.1, -0.05) is 0 Å². The average molecular weight is 376 g/mol. The van der Waals surface area contributed by atoms with E-state index in [-0.39, 0.29) is 12.8 Å². The summed E-state index contributed by atoms with van der Waals surface area (Å²) < 4.78 is 7.33. The van der Waals surface area contributed by atoms with Crippen LogP contribution in [0.1, 0.15) is 42.7 Å². The molecule has 0 fully saturated rings. The lowest BCUT2D eigenvalue weighted by Crippen LogP contribution is -2.42. The average Bonchev–Trinajstić information content (AvgIpc) is 2.90. The number of aromatic nitrogens is 1. The lowest BCUT2D eigenvalue weighted by Gasteiger charge is -2.15. The molecule has 2 rings (SSSR count). The Kier molecular flexibility index (Phi) is 6.44. The molecule has 1 amide bonds. The van der Waals surface area contributed by atoms with Crippen LogP contribution in [0.15, 0.2) is 18.2 Å². The molecule has 0 radical (unpaired) electrons. The molecule has 0 saturated heterocycles. The van der Waals surface area contributed by atoms with Gasteiger partial charge in [0.2, 0.25) is 0 Å². The molecule has 8 nitrogen and oxygen atoms in total. The number of nitrogens with zero attached hydrogens (tertiary/aromatic N) is 1. The number of amides is 1. The summed E-state index contributed by atoms with van der Waals surface area (Å²) in [6.07, 6.45) is -0.527. The first-order valence-electron chi connectivity index (χ1n) is 8.81. The molecule has 27 heavy (non-hydrogen) atoms. The summed E-state index contributed by atoms with van der Waals surface area (Å²) in [4.78, 5) is 34.9. The Hall–Kier alpha value is -3.03. The Morgan fingerprint density at radius 2 is 1.93 bits per heavy atom. The summed E-state index contributed by atoms with van der Waals surface area (Å²) in [5.74, 6) is -2.22. The lowest BCUT2D eigenvalue weighted by molar-refractivity contribution is -0.140. The number of rotatable bonds is 9. The predicted octanol–water partition coefficient (Wildman–Crippen LogP) is 2.42. The molecule has 0 saturated carbocycles. The van der Waals surface area contributed by atoms with E-state index >= 15 is 0 Å². The van der Waals surface area contributed by atoms with Crippen LogP contribution in [0.25, 0.3) is 10.9 Å². The number of carbonyl (C=O) groups excluding carboxylic acids is 1. The van der Waals surface area contributed by atoms with E-state index in [0.29, 0.717) is 30.2 Å². The van der Waals surface area contributed by atoms with Crippen molar-refractivity contribution in [3.05, 3.63) is 29.5 Å². The van der Waals surface area contributed by atoms with Gasteiger partial charge in [-0.25, -0.2) is 4.79 Å². The first kappa shape index (κ1) is 20.3. The molecule has 1 unspecified atom stereocenters. The third kappa shape index (κ3) is 4.39. The van der Waals surface area contributed by atoms with Gasteiger partial charge in [0, 0.05) is 23.9 Å². The highest BCUT2D eigenvalue weighted by atomic mass is 16.5. The number of ether oxygens (including phenoxy) is 1. The van der Waals surface area contributed by atoms with E-state index in [1.54, 1.807) is 6.92 Å². The highest BCUT2D eigenvalue weighted by Crippen LogP contribution is 2.29. The molecule has 3 N–H and O–H groups in total. The Morgan fingerprint density at radius 3 is 2.48 bits per heavy atom. The van der Waals surface area contributed by atoms with Crippen molar-refractivity contribution in [2.45, 2.75) is 46.2 Å². The van der Waals surface area contributed by atoms with Crippen LogP contribution in [0.3, 0.4) is 0 Å². The Morgan fingerprint density at radius 1 is 1.22 bits per heavy atom. The maximum Gasteiger partial charge on any atom is 0.326 e. The number of carboxylic acid groups (broad SMARTS) is 2. The molecule has 0 aliphatic rings. The fourth-order valence-corrected chi connectivity index (χ4v) is 3.13. The summed E-state index contributed by atoms with van der Waals surface area (Å²) in [7, 11) is 0. The van der Waals surface area contributed by atoms with Crippen molar-refractivity contribution in [2.24, 2.45) is 0 Å². The first-order chi connectivity index (χ1) is 12.8. The standard InChI is InChI=1S/C19H24N2O6/c1-4-21-15-8-6-12(27-5-2)10-13(15)11(3)17(21)18(24)20-14(19(25)26)7-9-16(22)23/h6,8,10,14H,4-5,7,9H2,1-3H3,(H,20,24)(H,22,23)(H,25,26). The van der Waals surface area contributed by atoms with Crippen molar-refractivity contribution in [1.29, 1.82) is 0 Å². The van der Waals surface area contributed by atoms with Gasteiger partial charge in [0.25, 0.3) is 5.91 Å². The molecule has 8 heteroatoms. The number of nitrogens with one attached hydrogen (secondary N) is 1. The topological polar surface area (TPSA) is 118 Å². The van der Waals surface area contributed by atoms with Gasteiger partial charge >= 0.3 is 11.9 Å². The Balaban J connectivity index is 2.40. The van der Waals surface area contributed by atoms with Crippen LogP contribution >= 0.6 is 0 Å². The monoisotopic (exact) mass is 376 g/mol. The van der Waals surface area contributed by atoms with Crippen LogP contribution < -0.4 is 10.1 Å². The molecular formula is C19H24N2O6. The number of fused-ring (bicyclic) bond motifs is 1. The van der Waals surface area contributed by atoms with Crippen molar-refractivity contribution >= 4 is 28.7 Å². The third-order valence-electron chi connectivity index (χ3n) is 4.38. The number of benzene rings is 1. The van der Waals surface area contributed by atoms with E-state index < -0.39 is 23.9 Å². The summed E-state index contributed by atoms with van der Waals surface area (Å²) in [5, 5.41) is 21.3. The minimum atomic E-state index is -1.27. The van der Waals surface area contributed by atoms with Gasteiger partial charge in [0.1, 0.15) is 17.5 Å². The number of aliphatic carboxylic acids is 2. The quantitative estimate of drug-likeness (QED) is 0.619. The zero-order chi connectivity index (χ0) is 20.1. The fraction of sp³-hybridized carbons (Fsp3) is 0.421. The summed E-state index contributed by atoms with van der Waals surface area (Å²) in [6.45, 7) is 6.62. The zero-order valence-corrected chi connectivity index (χ0v) is 15.6. The molecule has 1 aromatic carbocycles. The molecular weight excluding hydrogens is 352 g/mol. The van der Waals surface area contributed by atoms with Gasteiger partial charge in [-0.2, -0.15) is 0 Å². The summed E-state index contributed by atoms with van der Waals surface area (Å²) in [6, 6.07) is 4.28. The van der Waals surface area contributed by atoms with E-state index in [0.717, 1.165) is 10.9 Å². The van der Waals surface area contributed by atoms with Crippen molar-refractivity contribution in [3.8, 4) is 5.75 Å². The number of carbonyl (C=O) groups is 3. The molecule has 2 aromatic rings. The zero-order valence-electron chi connectivity index (χ0n) is 15.6. The van der Waals surface area contributed by atoms with E-state index in [1.165, 1.54) is 0 Å². The van der Waals surface area contributed by atoms with Crippen LogP contribution in [0.5, 0.6) is 5.75 Å². The molecule has 0 aliphatic heterocycles. The second kappa shape index (κ2) is 8.57. The van der Waals surface area contributed by atoms with E-state index in [2.05, 4.69) is 5.32 Å². The number of aryl methyl sites for hydroxylation is 2. The molecule has 0 bridgehead atoms. The fourth-order valence-electron chi connectivity index (χ4n) is 3.13. The van der Waals surface area contributed by atoms with Crippen molar-refractivity contribution in [3.63, 3.8) is 0 Å². The molecule has 146 valence electrons. The molecule has 0 aliphatic carbocycles. The Bertz CT molecular complexity index is 871. The van der Waals surface area contributed by atoms with E-state index in [4.69, 9.17) is 9.84 Å². The van der Waals surface area contributed by atoms with Gasteiger partial charge in [0.05, 0.1) is 6.61 Å². The molecule has 0 spiro atoms. The SMILES string of the molecule is CCOc1ccc2c(c1)c(C)c(C(=O)NC(CCC(=O)O)C(=O)O)n2CC.